The number of imide groups is 1. The van der Waals surface area contributed by atoms with Gasteiger partial charge in [-0.15, -0.1) is 0 Å². The molecular formula is C14H12N4O2. The summed E-state index contributed by atoms with van der Waals surface area (Å²) in [5.74, 6) is 0.407. The first-order chi connectivity index (χ1) is 9.56. The summed E-state index contributed by atoms with van der Waals surface area (Å²) in [4.78, 5) is 28.9. The lowest BCUT2D eigenvalue weighted by Crippen LogP contribution is -2.24. The topological polar surface area (TPSA) is 88.3 Å². The maximum atomic E-state index is 11.9. The van der Waals surface area contributed by atoms with Gasteiger partial charge in [0.2, 0.25) is 0 Å². The summed E-state index contributed by atoms with van der Waals surface area (Å²) >= 11 is 0. The van der Waals surface area contributed by atoms with Crippen LogP contribution in [0, 0.1) is 0 Å². The molecule has 0 fully saturated rings. The average Bonchev–Trinajstić information content (AvgIpc) is 2.64. The average molecular weight is 268 g/mol. The van der Waals surface area contributed by atoms with Gasteiger partial charge in [-0.05, 0) is 30.3 Å². The van der Waals surface area contributed by atoms with Crippen LogP contribution in [0.4, 0.5) is 17.3 Å². The highest BCUT2D eigenvalue weighted by atomic mass is 16.2. The zero-order valence-electron chi connectivity index (χ0n) is 10.8. The van der Waals surface area contributed by atoms with Crippen LogP contribution in [0.25, 0.3) is 0 Å². The normalized spacial score (nSPS) is 13.6. The van der Waals surface area contributed by atoms with Gasteiger partial charge in [0.05, 0.1) is 11.1 Å². The molecule has 0 atom stereocenters. The van der Waals surface area contributed by atoms with E-state index in [9.17, 15) is 9.59 Å². The predicted octanol–water partition coefficient (Wildman–Crippen LogP) is 1.63. The van der Waals surface area contributed by atoms with Crippen LogP contribution >= 0.6 is 0 Å². The van der Waals surface area contributed by atoms with Crippen molar-refractivity contribution >= 4 is 29.1 Å². The van der Waals surface area contributed by atoms with Crippen molar-refractivity contribution in [3.63, 3.8) is 0 Å². The van der Waals surface area contributed by atoms with Gasteiger partial charge in [-0.3, -0.25) is 14.5 Å². The van der Waals surface area contributed by atoms with Gasteiger partial charge >= 0.3 is 0 Å². The zero-order chi connectivity index (χ0) is 14.3. The molecule has 1 aliphatic rings. The number of rotatable bonds is 2. The van der Waals surface area contributed by atoms with Gasteiger partial charge in [-0.25, -0.2) is 4.98 Å². The van der Waals surface area contributed by atoms with E-state index in [4.69, 9.17) is 5.73 Å². The summed E-state index contributed by atoms with van der Waals surface area (Å²) in [6, 6.07) is 10.2. The molecule has 2 amide bonds. The summed E-state index contributed by atoms with van der Waals surface area (Å²) in [7, 11) is 1.47. The van der Waals surface area contributed by atoms with Crippen molar-refractivity contribution in [3.8, 4) is 0 Å². The Kier molecular flexibility index (Phi) is 2.64. The standard InChI is InChI=1S/C14H12N4O2/c1-18-13(19)9-6-5-8(7-10(9)14(18)20)16-12-4-2-3-11(15)17-12/h2-7H,1H3,(H3,15,16,17). The zero-order valence-corrected chi connectivity index (χ0v) is 10.8. The Labute approximate surface area is 115 Å². The number of fused-ring (bicyclic) bond motifs is 1. The Morgan fingerprint density at radius 3 is 2.60 bits per heavy atom. The Hall–Kier alpha value is -2.89. The van der Waals surface area contributed by atoms with E-state index in [1.54, 1.807) is 36.4 Å². The molecule has 1 aromatic carbocycles. The molecule has 1 aromatic heterocycles. The second-order valence-corrected chi connectivity index (χ2v) is 4.50. The van der Waals surface area contributed by atoms with Crippen LogP contribution < -0.4 is 11.1 Å². The van der Waals surface area contributed by atoms with Crippen molar-refractivity contribution in [3.05, 3.63) is 47.5 Å². The van der Waals surface area contributed by atoms with E-state index < -0.39 is 0 Å². The van der Waals surface area contributed by atoms with Crippen molar-refractivity contribution in [1.82, 2.24) is 9.88 Å². The third-order valence-corrected chi connectivity index (χ3v) is 3.13. The van der Waals surface area contributed by atoms with Crippen molar-refractivity contribution in [2.75, 3.05) is 18.1 Å². The number of hydrogen-bond acceptors (Lipinski definition) is 5. The molecule has 6 heteroatoms. The number of nitrogens with zero attached hydrogens (tertiary/aromatic N) is 2. The molecule has 3 N–H and O–H groups in total. The van der Waals surface area contributed by atoms with Crippen LogP contribution in [0.5, 0.6) is 0 Å². The van der Waals surface area contributed by atoms with Crippen molar-refractivity contribution in [2.24, 2.45) is 0 Å². The highest BCUT2D eigenvalue weighted by molar-refractivity contribution is 6.21. The van der Waals surface area contributed by atoms with Gasteiger partial charge in [0.1, 0.15) is 11.6 Å². The smallest absolute Gasteiger partial charge is 0.261 e. The molecule has 6 nitrogen and oxygen atoms in total. The van der Waals surface area contributed by atoms with Crippen LogP contribution in [0.1, 0.15) is 20.7 Å². The van der Waals surface area contributed by atoms with E-state index in [1.165, 1.54) is 7.05 Å². The van der Waals surface area contributed by atoms with Crippen LogP contribution in [-0.2, 0) is 0 Å². The number of benzene rings is 1. The number of carbonyl (C=O) groups is 2. The largest absolute Gasteiger partial charge is 0.384 e. The number of hydrogen-bond donors (Lipinski definition) is 2. The van der Waals surface area contributed by atoms with Crippen LogP contribution in [0.3, 0.4) is 0 Å². The monoisotopic (exact) mass is 268 g/mol. The Morgan fingerprint density at radius 1 is 1.10 bits per heavy atom. The molecule has 2 aromatic rings. The fraction of sp³-hybridized carbons (Fsp3) is 0.0714. The number of carbonyl (C=O) groups excluding carboxylic acids is 2. The van der Waals surface area contributed by atoms with E-state index in [-0.39, 0.29) is 11.8 Å². The summed E-state index contributed by atoms with van der Waals surface area (Å²) in [6.07, 6.45) is 0. The van der Waals surface area contributed by atoms with E-state index in [1.807, 2.05) is 0 Å². The first-order valence-electron chi connectivity index (χ1n) is 6.02. The van der Waals surface area contributed by atoms with Crippen molar-refractivity contribution in [2.45, 2.75) is 0 Å². The molecule has 0 unspecified atom stereocenters. The lowest BCUT2D eigenvalue weighted by Gasteiger charge is -2.06. The highest BCUT2D eigenvalue weighted by Gasteiger charge is 2.32. The number of anilines is 3. The maximum Gasteiger partial charge on any atom is 0.261 e. The molecule has 3 rings (SSSR count). The molecule has 2 heterocycles. The van der Waals surface area contributed by atoms with Crippen molar-refractivity contribution in [1.29, 1.82) is 0 Å². The van der Waals surface area contributed by atoms with Gasteiger partial charge in [0.25, 0.3) is 11.8 Å². The maximum absolute atomic E-state index is 11.9. The Bertz CT molecular complexity index is 727. The third-order valence-electron chi connectivity index (χ3n) is 3.13. The summed E-state index contributed by atoms with van der Waals surface area (Å²) < 4.78 is 0. The number of amides is 2. The molecule has 20 heavy (non-hydrogen) atoms. The molecule has 0 radical (unpaired) electrons. The van der Waals surface area contributed by atoms with Gasteiger partial charge in [-0.1, -0.05) is 6.07 Å². The van der Waals surface area contributed by atoms with E-state index in [2.05, 4.69) is 10.3 Å². The minimum absolute atomic E-state index is 0.279. The number of nitrogens with two attached hydrogens (primary N) is 1. The second kappa shape index (κ2) is 4.34. The van der Waals surface area contributed by atoms with E-state index >= 15 is 0 Å². The Morgan fingerprint density at radius 2 is 1.85 bits per heavy atom. The number of aromatic nitrogens is 1. The number of pyridine rings is 1. The molecule has 0 saturated carbocycles. The van der Waals surface area contributed by atoms with Gasteiger partial charge < -0.3 is 11.1 Å². The molecule has 1 aliphatic heterocycles. The van der Waals surface area contributed by atoms with Gasteiger partial charge in [0.15, 0.2) is 0 Å². The van der Waals surface area contributed by atoms with Crippen LogP contribution in [0.2, 0.25) is 0 Å². The Balaban J connectivity index is 1.95. The van der Waals surface area contributed by atoms with Gasteiger partial charge in [0, 0.05) is 12.7 Å². The van der Waals surface area contributed by atoms with Crippen LogP contribution in [0.15, 0.2) is 36.4 Å². The highest BCUT2D eigenvalue weighted by Crippen LogP contribution is 2.26. The molecular weight excluding hydrogens is 256 g/mol. The van der Waals surface area contributed by atoms with Crippen molar-refractivity contribution < 1.29 is 9.59 Å². The minimum atomic E-state index is -0.297. The lowest BCUT2D eigenvalue weighted by atomic mass is 10.1. The molecule has 0 aliphatic carbocycles. The predicted molar refractivity (Wildman–Crippen MR) is 74.8 cm³/mol. The number of nitrogens with one attached hydrogen (secondary N) is 1. The quantitative estimate of drug-likeness (QED) is 0.808. The van der Waals surface area contributed by atoms with E-state index in [0.717, 1.165) is 4.90 Å². The molecule has 0 spiro atoms. The summed E-state index contributed by atoms with van der Waals surface area (Å²) in [6.45, 7) is 0. The summed E-state index contributed by atoms with van der Waals surface area (Å²) in [5.41, 5.74) is 7.10. The third kappa shape index (κ3) is 1.87. The number of nitrogen functional groups attached to an aromatic ring is 1. The molecule has 0 saturated heterocycles. The van der Waals surface area contributed by atoms with Crippen LogP contribution in [-0.4, -0.2) is 28.7 Å². The SMILES string of the molecule is CN1C(=O)c2ccc(Nc3cccc(N)n3)cc2C1=O. The van der Waals surface area contributed by atoms with E-state index in [0.29, 0.717) is 28.5 Å². The first kappa shape index (κ1) is 12.2. The fourth-order valence-electron chi connectivity index (χ4n) is 2.11. The van der Waals surface area contributed by atoms with Gasteiger partial charge in [-0.2, -0.15) is 0 Å². The summed E-state index contributed by atoms with van der Waals surface area (Å²) in [5, 5.41) is 3.05. The lowest BCUT2D eigenvalue weighted by molar-refractivity contribution is 0.0693. The molecule has 0 bridgehead atoms. The fourth-order valence-corrected chi connectivity index (χ4v) is 2.11. The minimum Gasteiger partial charge on any atom is -0.384 e. The molecule has 100 valence electrons. The first-order valence-corrected chi connectivity index (χ1v) is 6.02. The second-order valence-electron chi connectivity index (χ2n) is 4.50.